The molecule has 126 valence electrons. The quantitative estimate of drug-likeness (QED) is 0.836. The molecule has 1 aliphatic rings. The van der Waals surface area contributed by atoms with Gasteiger partial charge in [-0.1, -0.05) is 18.5 Å². The van der Waals surface area contributed by atoms with Crippen LogP contribution in [0.25, 0.3) is 0 Å². The van der Waals surface area contributed by atoms with E-state index in [1.165, 1.54) is 7.11 Å². The van der Waals surface area contributed by atoms with E-state index in [0.717, 1.165) is 32.2 Å². The van der Waals surface area contributed by atoms with E-state index in [1.807, 2.05) is 4.90 Å². The number of halogens is 1. The third kappa shape index (κ3) is 4.61. The van der Waals surface area contributed by atoms with Gasteiger partial charge in [-0.3, -0.25) is 9.59 Å². The van der Waals surface area contributed by atoms with E-state index in [9.17, 15) is 9.59 Å². The van der Waals surface area contributed by atoms with Gasteiger partial charge in [-0.15, -0.1) is 0 Å². The summed E-state index contributed by atoms with van der Waals surface area (Å²) >= 11 is 5.94. The summed E-state index contributed by atoms with van der Waals surface area (Å²) in [6.45, 7) is 2.82. The van der Waals surface area contributed by atoms with E-state index in [4.69, 9.17) is 16.3 Å². The lowest BCUT2D eigenvalue weighted by Crippen LogP contribution is -2.44. The smallest absolute Gasteiger partial charge is 0.233 e. The van der Waals surface area contributed by atoms with Crippen LogP contribution in [0.3, 0.4) is 0 Å². The topological polar surface area (TPSA) is 58.6 Å². The number of nitrogens with one attached hydrogen (secondary N) is 1. The fourth-order valence-electron chi connectivity index (χ4n) is 2.96. The van der Waals surface area contributed by atoms with Crippen molar-refractivity contribution in [2.45, 2.75) is 45.1 Å². The number of likely N-dealkylation sites (tertiary alicyclic amines) is 1. The molecular weight excluding hydrogens is 316 g/mol. The van der Waals surface area contributed by atoms with Gasteiger partial charge in [-0.25, -0.2) is 0 Å². The minimum atomic E-state index is -0.351. The predicted octanol–water partition coefficient (Wildman–Crippen LogP) is 3.47. The molecule has 0 aromatic heterocycles. The molecule has 0 saturated carbocycles. The maximum Gasteiger partial charge on any atom is 0.233 e. The molecule has 1 unspecified atom stereocenters. The molecule has 0 spiro atoms. The highest BCUT2D eigenvalue weighted by molar-refractivity contribution is 6.31. The first-order valence-electron chi connectivity index (χ1n) is 7.98. The third-order valence-corrected chi connectivity index (χ3v) is 4.40. The Bertz CT molecular complexity index is 577. The lowest BCUT2D eigenvalue weighted by molar-refractivity contribution is -0.137. The lowest BCUT2D eigenvalue weighted by atomic mass is 9.99. The molecule has 1 N–H and O–H groups in total. The van der Waals surface area contributed by atoms with Crippen LogP contribution in [0.4, 0.5) is 5.69 Å². The second kappa shape index (κ2) is 8.20. The summed E-state index contributed by atoms with van der Waals surface area (Å²) in [4.78, 5) is 26.4. The first-order valence-corrected chi connectivity index (χ1v) is 8.35. The molecule has 0 radical (unpaired) electrons. The standard InChI is InChI=1S/C17H23ClN2O3/c1-3-13-6-4-5-9-20(13)17(22)11-16(21)19-14-10-12(18)7-8-15(14)23-2/h7-8,10,13H,3-6,9,11H2,1-2H3,(H,19,21). The molecule has 2 rings (SSSR count). The van der Waals surface area contributed by atoms with Gasteiger partial charge in [0.1, 0.15) is 12.2 Å². The van der Waals surface area contributed by atoms with Crippen LogP contribution >= 0.6 is 11.6 Å². The number of anilines is 1. The Morgan fingerprint density at radius 2 is 2.17 bits per heavy atom. The fraction of sp³-hybridized carbons (Fsp3) is 0.529. The SMILES string of the molecule is CCC1CCCCN1C(=O)CC(=O)Nc1cc(Cl)ccc1OC. The lowest BCUT2D eigenvalue weighted by Gasteiger charge is -2.35. The first-order chi connectivity index (χ1) is 11.0. The van der Waals surface area contributed by atoms with Crippen molar-refractivity contribution in [3.05, 3.63) is 23.2 Å². The Morgan fingerprint density at radius 3 is 2.87 bits per heavy atom. The molecule has 6 heteroatoms. The van der Waals surface area contributed by atoms with E-state index in [2.05, 4.69) is 12.2 Å². The van der Waals surface area contributed by atoms with Gasteiger partial charge in [-0.2, -0.15) is 0 Å². The average Bonchev–Trinajstić information content (AvgIpc) is 2.54. The van der Waals surface area contributed by atoms with E-state index in [-0.39, 0.29) is 24.3 Å². The average molecular weight is 339 g/mol. The molecular formula is C17H23ClN2O3. The molecule has 0 aliphatic carbocycles. The van der Waals surface area contributed by atoms with Gasteiger partial charge in [0.15, 0.2) is 0 Å². The molecule has 1 atom stereocenters. The molecule has 5 nitrogen and oxygen atoms in total. The number of ether oxygens (including phenoxy) is 1. The van der Waals surface area contributed by atoms with Crippen molar-refractivity contribution in [1.82, 2.24) is 4.90 Å². The predicted molar refractivity (Wildman–Crippen MR) is 90.9 cm³/mol. The minimum absolute atomic E-state index is 0.116. The minimum Gasteiger partial charge on any atom is -0.495 e. The van der Waals surface area contributed by atoms with E-state index in [0.29, 0.717) is 16.5 Å². The van der Waals surface area contributed by atoms with Gasteiger partial charge in [0.05, 0.1) is 12.8 Å². The Kier molecular flexibility index (Phi) is 6.28. The van der Waals surface area contributed by atoms with Crippen LogP contribution in [0.1, 0.15) is 39.0 Å². The van der Waals surface area contributed by atoms with Crippen LogP contribution in [0.2, 0.25) is 5.02 Å². The number of piperidine rings is 1. The summed E-state index contributed by atoms with van der Waals surface area (Å²) < 4.78 is 5.19. The maximum atomic E-state index is 12.4. The van der Waals surface area contributed by atoms with Crippen LogP contribution in [0.15, 0.2) is 18.2 Å². The molecule has 2 amide bonds. The third-order valence-electron chi connectivity index (χ3n) is 4.17. The molecule has 1 aromatic carbocycles. The van der Waals surface area contributed by atoms with Gasteiger partial charge in [0.25, 0.3) is 0 Å². The van der Waals surface area contributed by atoms with Crippen molar-refractivity contribution in [3.63, 3.8) is 0 Å². The van der Waals surface area contributed by atoms with Crippen molar-refractivity contribution in [2.24, 2.45) is 0 Å². The Hall–Kier alpha value is -1.75. The zero-order valence-electron chi connectivity index (χ0n) is 13.6. The summed E-state index contributed by atoms with van der Waals surface area (Å²) in [5, 5.41) is 3.20. The highest BCUT2D eigenvalue weighted by Gasteiger charge is 2.26. The molecule has 1 saturated heterocycles. The summed E-state index contributed by atoms with van der Waals surface area (Å²) in [6, 6.07) is 5.22. The van der Waals surface area contributed by atoms with Crippen LogP contribution in [0.5, 0.6) is 5.75 Å². The number of nitrogens with zero attached hydrogens (tertiary/aromatic N) is 1. The number of methoxy groups -OCH3 is 1. The maximum absolute atomic E-state index is 12.4. The normalized spacial score (nSPS) is 17.7. The number of hydrogen-bond acceptors (Lipinski definition) is 3. The van der Waals surface area contributed by atoms with Gasteiger partial charge in [-0.05, 0) is 43.9 Å². The van der Waals surface area contributed by atoms with Crippen LogP contribution in [-0.4, -0.2) is 36.4 Å². The number of benzene rings is 1. The number of hydrogen-bond donors (Lipinski definition) is 1. The molecule has 1 aromatic rings. The number of carbonyl (C=O) groups is 2. The Balaban J connectivity index is 1.99. The van der Waals surface area contributed by atoms with Crippen molar-refractivity contribution < 1.29 is 14.3 Å². The molecule has 1 fully saturated rings. The zero-order chi connectivity index (χ0) is 16.8. The largest absolute Gasteiger partial charge is 0.495 e. The molecule has 1 heterocycles. The van der Waals surface area contributed by atoms with Crippen molar-refractivity contribution in [1.29, 1.82) is 0 Å². The first kappa shape index (κ1) is 17.6. The second-order valence-corrected chi connectivity index (χ2v) is 6.15. The van der Waals surface area contributed by atoms with E-state index < -0.39 is 0 Å². The second-order valence-electron chi connectivity index (χ2n) is 5.71. The number of amides is 2. The zero-order valence-corrected chi connectivity index (χ0v) is 14.4. The van der Waals surface area contributed by atoms with E-state index >= 15 is 0 Å². The van der Waals surface area contributed by atoms with Gasteiger partial charge in [0, 0.05) is 17.6 Å². The Morgan fingerprint density at radius 1 is 1.39 bits per heavy atom. The number of carbonyl (C=O) groups excluding carboxylic acids is 2. The van der Waals surface area contributed by atoms with Crippen molar-refractivity contribution in [3.8, 4) is 5.75 Å². The summed E-state index contributed by atoms with van der Waals surface area (Å²) in [6.07, 6.45) is 3.94. The van der Waals surface area contributed by atoms with Gasteiger partial charge >= 0.3 is 0 Å². The monoisotopic (exact) mass is 338 g/mol. The van der Waals surface area contributed by atoms with E-state index in [1.54, 1.807) is 18.2 Å². The highest BCUT2D eigenvalue weighted by Crippen LogP contribution is 2.28. The summed E-state index contributed by atoms with van der Waals surface area (Å²) in [7, 11) is 1.52. The molecule has 0 bridgehead atoms. The highest BCUT2D eigenvalue weighted by atomic mass is 35.5. The van der Waals surface area contributed by atoms with Crippen LogP contribution in [-0.2, 0) is 9.59 Å². The summed E-state index contributed by atoms with van der Waals surface area (Å²) in [5.74, 6) is 0.0469. The molecule has 1 aliphatic heterocycles. The van der Waals surface area contributed by atoms with Crippen molar-refractivity contribution in [2.75, 3.05) is 19.0 Å². The fourth-order valence-corrected chi connectivity index (χ4v) is 3.14. The molecule has 23 heavy (non-hydrogen) atoms. The Labute approximate surface area is 141 Å². The van der Waals surface area contributed by atoms with Gasteiger partial charge in [0.2, 0.25) is 11.8 Å². The number of rotatable bonds is 5. The van der Waals surface area contributed by atoms with Crippen LogP contribution in [0, 0.1) is 0 Å². The summed E-state index contributed by atoms with van der Waals surface area (Å²) in [5.41, 5.74) is 0.475. The van der Waals surface area contributed by atoms with Crippen molar-refractivity contribution >= 4 is 29.1 Å². The van der Waals surface area contributed by atoms with Crippen LogP contribution < -0.4 is 10.1 Å². The van der Waals surface area contributed by atoms with Gasteiger partial charge < -0.3 is 15.0 Å².